The molecule has 1 aliphatic carbocycles. The van der Waals surface area contributed by atoms with Gasteiger partial charge >= 0.3 is 0 Å². The van der Waals surface area contributed by atoms with Crippen molar-refractivity contribution < 1.29 is 4.79 Å². The topological polar surface area (TPSA) is 59.0 Å². The SMILES string of the molecule is CNCCc1nc2cc(C)ccc2n1CC(=O)NC1CCCC1. The molecule has 23 heavy (non-hydrogen) atoms. The molecule has 2 aromatic rings. The molecule has 5 heteroatoms. The number of fused-ring (bicyclic) bond motifs is 1. The first-order chi connectivity index (χ1) is 11.2. The van der Waals surface area contributed by atoms with Gasteiger partial charge in [-0.1, -0.05) is 18.9 Å². The van der Waals surface area contributed by atoms with Crippen molar-refractivity contribution >= 4 is 16.9 Å². The maximum atomic E-state index is 12.4. The number of hydrogen-bond donors (Lipinski definition) is 2. The molecule has 2 N–H and O–H groups in total. The predicted octanol–water partition coefficient (Wildman–Crippen LogP) is 2.17. The Morgan fingerprint density at radius 1 is 1.35 bits per heavy atom. The second-order valence-corrected chi connectivity index (χ2v) is 6.51. The van der Waals surface area contributed by atoms with Gasteiger partial charge in [0, 0.05) is 19.0 Å². The molecule has 0 aliphatic heterocycles. The Morgan fingerprint density at radius 2 is 2.13 bits per heavy atom. The molecule has 124 valence electrons. The largest absolute Gasteiger partial charge is 0.352 e. The number of hydrogen-bond acceptors (Lipinski definition) is 3. The monoisotopic (exact) mass is 314 g/mol. The van der Waals surface area contributed by atoms with Crippen LogP contribution in [-0.2, 0) is 17.8 Å². The average molecular weight is 314 g/mol. The lowest BCUT2D eigenvalue weighted by Gasteiger charge is -2.14. The quantitative estimate of drug-likeness (QED) is 0.859. The van der Waals surface area contributed by atoms with Gasteiger partial charge in [-0.2, -0.15) is 0 Å². The van der Waals surface area contributed by atoms with Gasteiger partial charge in [0.2, 0.25) is 5.91 Å². The number of carbonyl (C=O) groups excluding carboxylic acids is 1. The Bertz CT molecular complexity index is 686. The van der Waals surface area contributed by atoms with Gasteiger partial charge < -0.3 is 15.2 Å². The molecule has 0 radical (unpaired) electrons. The minimum absolute atomic E-state index is 0.0995. The Morgan fingerprint density at radius 3 is 2.87 bits per heavy atom. The van der Waals surface area contributed by atoms with Crippen molar-refractivity contribution in [3.8, 4) is 0 Å². The molecular weight excluding hydrogens is 288 g/mol. The number of aromatic nitrogens is 2. The van der Waals surface area contributed by atoms with E-state index in [1.807, 2.05) is 7.05 Å². The van der Waals surface area contributed by atoms with Crippen molar-refractivity contribution in [3.63, 3.8) is 0 Å². The first-order valence-electron chi connectivity index (χ1n) is 8.57. The van der Waals surface area contributed by atoms with Crippen LogP contribution >= 0.6 is 0 Å². The summed E-state index contributed by atoms with van der Waals surface area (Å²) in [6.07, 6.45) is 5.50. The molecule has 5 nitrogen and oxygen atoms in total. The number of likely N-dealkylation sites (N-methyl/N-ethyl adjacent to an activating group) is 1. The summed E-state index contributed by atoms with van der Waals surface area (Å²) in [6, 6.07) is 6.60. The highest BCUT2D eigenvalue weighted by Gasteiger charge is 2.19. The van der Waals surface area contributed by atoms with E-state index in [9.17, 15) is 4.79 Å². The highest BCUT2D eigenvalue weighted by molar-refractivity contribution is 5.81. The minimum Gasteiger partial charge on any atom is -0.352 e. The number of benzene rings is 1. The number of rotatable bonds is 6. The zero-order chi connectivity index (χ0) is 16.2. The third kappa shape index (κ3) is 3.72. The number of nitrogens with zero attached hydrogens (tertiary/aromatic N) is 2. The van der Waals surface area contributed by atoms with E-state index in [1.54, 1.807) is 0 Å². The van der Waals surface area contributed by atoms with Crippen molar-refractivity contribution in [3.05, 3.63) is 29.6 Å². The van der Waals surface area contributed by atoms with Gasteiger partial charge in [0.25, 0.3) is 0 Å². The Balaban J connectivity index is 1.82. The molecule has 0 bridgehead atoms. The fraction of sp³-hybridized carbons (Fsp3) is 0.556. The maximum absolute atomic E-state index is 12.4. The normalized spacial score (nSPS) is 15.4. The fourth-order valence-electron chi connectivity index (χ4n) is 3.38. The van der Waals surface area contributed by atoms with E-state index in [2.05, 4.69) is 40.3 Å². The number of nitrogens with one attached hydrogen (secondary N) is 2. The van der Waals surface area contributed by atoms with Crippen molar-refractivity contribution in [2.45, 2.75) is 51.6 Å². The summed E-state index contributed by atoms with van der Waals surface area (Å²) in [6.45, 7) is 3.28. The molecule has 1 aromatic heterocycles. The summed E-state index contributed by atoms with van der Waals surface area (Å²) in [5.74, 6) is 1.07. The molecule has 1 amide bonds. The molecule has 0 spiro atoms. The van der Waals surface area contributed by atoms with E-state index in [1.165, 1.54) is 18.4 Å². The van der Waals surface area contributed by atoms with Gasteiger partial charge in [0.1, 0.15) is 12.4 Å². The van der Waals surface area contributed by atoms with Crippen LogP contribution in [0, 0.1) is 6.92 Å². The van der Waals surface area contributed by atoms with Crippen molar-refractivity contribution in [1.29, 1.82) is 0 Å². The lowest BCUT2D eigenvalue weighted by molar-refractivity contribution is -0.122. The van der Waals surface area contributed by atoms with Crippen LogP contribution in [0.5, 0.6) is 0 Å². The van der Waals surface area contributed by atoms with Crippen LogP contribution in [-0.4, -0.2) is 35.1 Å². The van der Waals surface area contributed by atoms with Gasteiger partial charge in [-0.3, -0.25) is 4.79 Å². The van der Waals surface area contributed by atoms with E-state index in [-0.39, 0.29) is 5.91 Å². The summed E-state index contributed by atoms with van der Waals surface area (Å²) in [7, 11) is 1.93. The summed E-state index contributed by atoms with van der Waals surface area (Å²) >= 11 is 0. The third-order valence-electron chi connectivity index (χ3n) is 4.60. The van der Waals surface area contributed by atoms with E-state index < -0.39 is 0 Å². The van der Waals surface area contributed by atoms with Crippen LogP contribution in [0.2, 0.25) is 0 Å². The van der Waals surface area contributed by atoms with Gasteiger partial charge in [-0.25, -0.2) is 4.98 Å². The lowest BCUT2D eigenvalue weighted by Crippen LogP contribution is -2.35. The zero-order valence-electron chi connectivity index (χ0n) is 14.1. The number of aryl methyl sites for hydroxylation is 1. The summed E-state index contributed by atoms with van der Waals surface area (Å²) in [5.41, 5.74) is 3.21. The molecule has 0 unspecified atom stereocenters. The number of carbonyl (C=O) groups is 1. The van der Waals surface area contributed by atoms with Crippen molar-refractivity contribution in [2.24, 2.45) is 0 Å². The Hall–Kier alpha value is -1.88. The Labute approximate surface area is 137 Å². The molecule has 1 heterocycles. The third-order valence-corrected chi connectivity index (χ3v) is 4.60. The summed E-state index contributed by atoms with van der Waals surface area (Å²) in [5, 5.41) is 6.33. The minimum atomic E-state index is 0.0995. The average Bonchev–Trinajstić information content (AvgIpc) is 3.13. The van der Waals surface area contributed by atoms with E-state index >= 15 is 0 Å². The zero-order valence-corrected chi connectivity index (χ0v) is 14.1. The van der Waals surface area contributed by atoms with E-state index in [0.717, 1.165) is 42.7 Å². The lowest BCUT2D eigenvalue weighted by atomic mass is 10.2. The summed E-state index contributed by atoms with van der Waals surface area (Å²) in [4.78, 5) is 17.2. The molecule has 0 saturated heterocycles. The first-order valence-corrected chi connectivity index (χ1v) is 8.57. The molecule has 1 aliphatic rings. The highest BCUT2D eigenvalue weighted by Crippen LogP contribution is 2.20. The van der Waals surface area contributed by atoms with E-state index in [0.29, 0.717) is 12.6 Å². The molecule has 1 saturated carbocycles. The molecule has 1 aromatic carbocycles. The van der Waals surface area contributed by atoms with Gasteiger partial charge in [-0.15, -0.1) is 0 Å². The molecule has 1 fully saturated rings. The van der Waals surface area contributed by atoms with Crippen LogP contribution in [0.25, 0.3) is 11.0 Å². The Kier molecular flexibility index (Phi) is 4.96. The number of amides is 1. The second kappa shape index (κ2) is 7.13. The van der Waals surface area contributed by atoms with Crippen molar-refractivity contribution in [2.75, 3.05) is 13.6 Å². The van der Waals surface area contributed by atoms with Gasteiger partial charge in [0.05, 0.1) is 11.0 Å². The molecule has 0 atom stereocenters. The second-order valence-electron chi connectivity index (χ2n) is 6.51. The first kappa shape index (κ1) is 16.0. The van der Waals surface area contributed by atoms with Crippen LogP contribution < -0.4 is 10.6 Å². The number of imidazole rings is 1. The molecule has 3 rings (SSSR count). The molecular formula is C18H26N4O. The van der Waals surface area contributed by atoms with Gasteiger partial charge in [-0.05, 0) is 44.5 Å². The summed E-state index contributed by atoms with van der Waals surface area (Å²) < 4.78 is 2.07. The highest BCUT2D eigenvalue weighted by atomic mass is 16.2. The van der Waals surface area contributed by atoms with E-state index in [4.69, 9.17) is 4.98 Å². The maximum Gasteiger partial charge on any atom is 0.240 e. The smallest absolute Gasteiger partial charge is 0.240 e. The predicted molar refractivity (Wildman–Crippen MR) is 92.5 cm³/mol. The van der Waals surface area contributed by atoms with Crippen LogP contribution in [0.15, 0.2) is 18.2 Å². The fourth-order valence-corrected chi connectivity index (χ4v) is 3.38. The van der Waals surface area contributed by atoms with Crippen molar-refractivity contribution in [1.82, 2.24) is 20.2 Å². The standard InChI is InChI=1S/C18H26N4O/c1-13-7-8-16-15(11-13)21-17(9-10-19-2)22(16)12-18(23)20-14-5-3-4-6-14/h7-8,11,14,19H,3-6,9-10,12H2,1-2H3,(H,20,23). The van der Waals surface area contributed by atoms with Crippen LogP contribution in [0.1, 0.15) is 37.1 Å². The van der Waals surface area contributed by atoms with Crippen LogP contribution in [0.4, 0.5) is 0 Å². The van der Waals surface area contributed by atoms with Crippen LogP contribution in [0.3, 0.4) is 0 Å². The van der Waals surface area contributed by atoms with Gasteiger partial charge in [0.15, 0.2) is 0 Å².